The van der Waals surface area contributed by atoms with Crippen LogP contribution in [0.3, 0.4) is 0 Å². The molecule has 0 radical (unpaired) electrons. The Morgan fingerprint density at radius 2 is 1.71 bits per heavy atom. The lowest BCUT2D eigenvalue weighted by Crippen LogP contribution is -2.08. The number of halogens is 1. The Morgan fingerprint density at radius 1 is 1.00 bits per heavy atom. The fourth-order valence-electron chi connectivity index (χ4n) is 2.86. The van der Waals surface area contributed by atoms with E-state index < -0.39 is 0 Å². The Labute approximate surface area is 154 Å². The molecule has 132 valence electrons. The second kappa shape index (κ2) is 9.93. The van der Waals surface area contributed by atoms with E-state index in [0.717, 1.165) is 47.1 Å². The lowest BCUT2D eigenvalue weighted by atomic mass is 10.0. The molecule has 2 aromatic rings. The molecule has 0 aliphatic rings. The zero-order valence-electron chi connectivity index (χ0n) is 15.1. The zero-order valence-corrected chi connectivity index (χ0v) is 16.7. The Bertz CT molecular complexity index is 637. The summed E-state index contributed by atoms with van der Waals surface area (Å²) in [6.07, 6.45) is 5.93. The number of alkyl halides is 1. The first-order valence-electron chi connectivity index (χ1n) is 9.07. The van der Waals surface area contributed by atoms with Crippen molar-refractivity contribution >= 4 is 26.7 Å². The standard InChI is InChI=1S/C21H29BrO2/c1-4-17-15-20(23-14-10-6-5-9-13-22)18-11-7-8-12-19(18)21(17)24-16(2)3/h7-8,11-12,15-16H,4-6,9-10,13-14H2,1-3H3. The first-order chi connectivity index (χ1) is 11.7. The van der Waals surface area contributed by atoms with E-state index in [1.165, 1.54) is 24.8 Å². The normalized spacial score (nSPS) is 11.2. The minimum absolute atomic E-state index is 0.167. The Hall–Kier alpha value is -1.22. The van der Waals surface area contributed by atoms with Crippen LogP contribution < -0.4 is 9.47 Å². The summed E-state index contributed by atoms with van der Waals surface area (Å²) >= 11 is 3.48. The van der Waals surface area contributed by atoms with Gasteiger partial charge in [-0.3, -0.25) is 0 Å². The SMILES string of the molecule is CCc1cc(OCCCCCCBr)c2ccccc2c1OC(C)C. The molecule has 0 saturated heterocycles. The first kappa shape index (κ1) is 19.1. The zero-order chi connectivity index (χ0) is 17.4. The monoisotopic (exact) mass is 392 g/mol. The topological polar surface area (TPSA) is 18.5 Å². The summed E-state index contributed by atoms with van der Waals surface area (Å²) < 4.78 is 12.2. The van der Waals surface area contributed by atoms with Gasteiger partial charge in [-0.15, -0.1) is 0 Å². The van der Waals surface area contributed by atoms with Crippen LogP contribution in [0.4, 0.5) is 0 Å². The molecule has 0 bridgehead atoms. The summed E-state index contributed by atoms with van der Waals surface area (Å²) in [7, 11) is 0. The maximum Gasteiger partial charge on any atom is 0.130 e. The van der Waals surface area contributed by atoms with Crippen molar-refractivity contribution in [3.05, 3.63) is 35.9 Å². The molecule has 2 nitrogen and oxygen atoms in total. The molecule has 0 aliphatic heterocycles. The van der Waals surface area contributed by atoms with Crippen molar-refractivity contribution in [2.75, 3.05) is 11.9 Å². The molecule has 0 atom stereocenters. The van der Waals surface area contributed by atoms with Gasteiger partial charge in [-0.2, -0.15) is 0 Å². The highest BCUT2D eigenvalue weighted by molar-refractivity contribution is 9.09. The van der Waals surface area contributed by atoms with Crippen LogP contribution in [0.15, 0.2) is 30.3 Å². The molecule has 0 unspecified atom stereocenters. The lowest BCUT2D eigenvalue weighted by Gasteiger charge is -2.19. The van der Waals surface area contributed by atoms with Crippen LogP contribution in [0.5, 0.6) is 11.5 Å². The third-order valence-corrected chi connectivity index (χ3v) is 4.61. The molecule has 0 N–H and O–H groups in total. The maximum absolute atomic E-state index is 6.13. The van der Waals surface area contributed by atoms with Crippen LogP contribution in [-0.2, 0) is 6.42 Å². The predicted octanol–water partition coefficient (Wildman–Crippen LogP) is 6.52. The van der Waals surface area contributed by atoms with E-state index in [9.17, 15) is 0 Å². The number of aryl methyl sites for hydroxylation is 1. The molecule has 0 spiro atoms. The van der Waals surface area contributed by atoms with Crippen molar-refractivity contribution in [3.8, 4) is 11.5 Å². The number of rotatable bonds is 10. The van der Waals surface area contributed by atoms with Crippen LogP contribution in [-0.4, -0.2) is 18.0 Å². The molecule has 2 rings (SSSR count). The average Bonchev–Trinajstić information content (AvgIpc) is 2.59. The fraction of sp³-hybridized carbons (Fsp3) is 0.524. The van der Waals surface area contributed by atoms with Gasteiger partial charge in [-0.05, 0) is 44.7 Å². The largest absolute Gasteiger partial charge is 0.493 e. The summed E-state index contributed by atoms with van der Waals surface area (Å²) in [4.78, 5) is 0. The molecule has 24 heavy (non-hydrogen) atoms. The molecule has 0 amide bonds. The molecule has 0 saturated carbocycles. The van der Waals surface area contributed by atoms with E-state index in [4.69, 9.17) is 9.47 Å². The average molecular weight is 393 g/mol. The van der Waals surface area contributed by atoms with E-state index in [1.807, 2.05) is 0 Å². The molecular weight excluding hydrogens is 364 g/mol. The Morgan fingerprint density at radius 3 is 2.38 bits per heavy atom. The number of unbranched alkanes of at least 4 members (excludes halogenated alkanes) is 3. The number of benzene rings is 2. The summed E-state index contributed by atoms with van der Waals surface area (Å²) in [6, 6.07) is 10.6. The second-order valence-corrected chi connectivity index (χ2v) is 7.17. The first-order valence-corrected chi connectivity index (χ1v) is 10.2. The molecule has 2 aromatic carbocycles. The quantitative estimate of drug-likeness (QED) is 0.338. The van der Waals surface area contributed by atoms with E-state index in [0.29, 0.717) is 0 Å². The summed E-state index contributed by atoms with van der Waals surface area (Å²) in [5.74, 6) is 1.99. The highest BCUT2D eigenvalue weighted by atomic mass is 79.9. The van der Waals surface area contributed by atoms with Crippen molar-refractivity contribution < 1.29 is 9.47 Å². The summed E-state index contributed by atoms with van der Waals surface area (Å²) in [5.41, 5.74) is 1.22. The summed E-state index contributed by atoms with van der Waals surface area (Å²) in [5, 5.41) is 3.39. The van der Waals surface area contributed by atoms with Gasteiger partial charge in [0.1, 0.15) is 11.5 Å². The molecule has 0 fully saturated rings. The fourth-order valence-corrected chi connectivity index (χ4v) is 3.26. The van der Waals surface area contributed by atoms with Gasteiger partial charge in [0.15, 0.2) is 0 Å². The van der Waals surface area contributed by atoms with Crippen LogP contribution in [0.1, 0.15) is 52.0 Å². The van der Waals surface area contributed by atoms with E-state index in [1.54, 1.807) is 0 Å². The Kier molecular flexibility index (Phi) is 7.90. The summed E-state index contributed by atoms with van der Waals surface area (Å²) in [6.45, 7) is 7.10. The third kappa shape index (κ3) is 5.14. The number of hydrogen-bond donors (Lipinski definition) is 0. The highest BCUT2D eigenvalue weighted by Crippen LogP contribution is 2.37. The number of hydrogen-bond acceptors (Lipinski definition) is 2. The highest BCUT2D eigenvalue weighted by Gasteiger charge is 2.14. The molecule has 0 aromatic heterocycles. The maximum atomic E-state index is 6.13. The van der Waals surface area contributed by atoms with Crippen molar-refractivity contribution in [2.45, 2.75) is 59.0 Å². The third-order valence-electron chi connectivity index (χ3n) is 4.05. The van der Waals surface area contributed by atoms with Crippen molar-refractivity contribution in [2.24, 2.45) is 0 Å². The Balaban J connectivity index is 2.21. The van der Waals surface area contributed by atoms with Crippen molar-refractivity contribution in [3.63, 3.8) is 0 Å². The second-order valence-electron chi connectivity index (χ2n) is 6.38. The van der Waals surface area contributed by atoms with Crippen molar-refractivity contribution in [1.82, 2.24) is 0 Å². The van der Waals surface area contributed by atoms with Crippen molar-refractivity contribution in [1.29, 1.82) is 0 Å². The molecule has 0 heterocycles. The van der Waals surface area contributed by atoms with E-state index in [-0.39, 0.29) is 6.10 Å². The van der Waals surface area contributed by atoms with Crippen LogP contribution in [0, 0.1) is 0 Å². The van der Waals surface area contributed by atoms with E-state index >= 15 is 0 Å². The van der Waals surface area contributed by atoms with Gasteiger partial charge < -0.3 is 9.47 Å². The van der Waals surface area contributed by atoms with Crippen LogP contribution in [0.2, 0.25) is 0 Å². The molecule has 0 aliphatic carbocycles. The predicted molar refractivity (Wildman–Crippen MR) is 107 cm³/mol. The van der Waals surface area contributed by atoms with Gasteiger partial charge in [0.05, 0.1) is 12.7 Å². The van der Waals surface area contributed by atoms with Gasteiger partial charge in [0.25, 0.3) is 0 Å². The number of fused-ring (bicyclic) bond motifs is 1. The van der Waals surface area contributed by atoms with Gasteiger partial charge in [0, 0.05) is 16.1 Å². The number of ether oxygens (including phenoxy) is 2. The smallest absolute Gasteiger partial charge is 0.130 e. The van der Waals surface area contributed by atoms with Crippen LogP contribution >= 0.6 is 15.9 Å². The minimum Gasteiger partial charge on any atom is -0.493 e. The minimum atomic E-state index is 0.167. The van der Waals surface area contributed by atoms with Gasteiger partial charge in [-0.1, -0.05) is 60.0 Å². The molecule has 3 heteroatoms. The van der Waals surface area contributed by atoms with Gasteiger partial charge in [0.2, 0.25) is 0 Å². The molecular formula is C21H29BrO2. The van der Waals surface area contributed by atoms with E-state index in [2.05, 4.69) is 67.0 Å². The van der Waals surface area contributed by atoms with Crippen LogP contribution in [0.25, 0.3) is 10.8 Å². The van der Waals surface area contributed by atoms with Gasteiger partial charge >= 0.3 is 0 Å². The van der Waals surface area contributed by atoms with Gasteiger partial charge in [-0.25, -0.2) is 0 Å². The lowest BCUT2D eigenvalue weighted by molar-refractivity contribution is 0.242.